The number of hydrogen-bond donors (Lipinski definition) is 2. The van der Waals surface area contributed by atoms with Gasteiger partial charge >= 0.3 is 0 Å². The summed E-state index contributed by atoms with van der Waals surface area (Å²) in [5.41, 5.74) is 0.944. The summed E-state index contributed by atoms with van der Waals surface area (Å²) in [6.07, 6.45) is 0. The number of carbonyl (C=O) groups excluding carboxylic acids is 1. The van der Waals surface area contributed by atoms with Gasteiger partial charge in [0, 0.05) is 16.7 Å². The third kappa shape index (κ3) is 3.79. The Morgan fingerprint density at radius 3 is 2.57 bits per heavy atom. The first-order valence-corrected chi connectivity index (χ1v) is 5.28. The summed E-state index contributed by atoms with van der Waals surface area (Å²) in [7, 11) is 0. The first kappa shape index (κ1) is 11.0. The minimum atomic E-state index is 0.00965. The highest BCUT2D eigenvalue weighted by Gasteiger charge is 1.98. The summed E-state index contributed by atoms with van der Waals surface area (Å²) < 4.78 is 1.03. The lowest BCUT2D eigenvalue weighted by molar-refractivity contribution is -0.119. The molecule has 0 unspecified atom stereocenters. The Kier molecular flexibility index (Phi) is 4.46. The Morgan fingerprint density at radius 1 is 1.36 bits per heavy atom. The topological polar surface area (TPSA) is 41.1 Å². The SMILES string of the molecule is CCNC(=O)CNc1ccc(Br)cc1. The maximum atomic E-state index is 11.1. The molecular formula is C10H13BrN2O. The van der Waals surface area contributed by atoms with Crippen molar-refractivity contribution in [1.82, 2.24) is 5.32 Å². The molecule has 0 aliphatic carbocycles. The van der Waals surface area contributed by atoms with Crippen LogP contribution in [0.2, 0.25) is 0 Å². The first-order valence-electron chi connectivity index (χ1n) is 4.48. The standard InChI is InChI=1S/C10H13BrN2O/c1-2-12-10(14)7-13-9-5-3-8(11)4-6-9/h3-6,13H,2,7H2,1H3,(H,12,14). The van der Waals surface area contributed by atoms with Gasteiger partial charge in [0.2, 0.25) is 5.91 Å². The second kappa shape index (κ2) is 5.65. The molecule has 0 aliphatic rings. The minimum absolute atomic E-state index is 0.00965. The van der Waals surface area contributed by atoms with E-state index in [1.807, 2.05) is 31.2 Å². The Labute approximate surface area is 92.0 Å². The number of halogens is 1. The maximum Gasteiger partial charge on any atom is 0.239 e. The molecule has 3 nitrogen and oxygen atoms in total. The van der Waals surface area contributed by atoms with E-state index in [0.29, 0.717) is 13.1 Å². The third-order valence-electron chi connectivity index (χ3n) is 1.67. The Morgan fingerprint density at radius 2 is 2.00 bits per heavy atom. The van der Waals surface area contributed by atoms with Crippen molar-refractivity contribution in [3.63, 3.8) is 0 Å². The van der Waals surface area contributed by atoms with Crippen molar-refractivity contribution in [2.75, 3.05) is 18.4 Å². The molecule has 1 rings (SSSR count). The van der Waals surface area contributed by atoms with Gasteiger partial charge in [0.15, 0.2) is 0 Å². The van der Waals surface area contributed by atoms with Crippen LogP contribution in [0.5, 0.6) is 0 Å². The molecule has 0 radical (unpaired) electrons. The molecule has 0 atom stereocenters. The summed E-state index contributed by atoms with van der Waals surface area (Å²) in [6.45, 7) is 2.88. The van der Waals surface area contributed by atoms with E-state index in [4.69, 9.17) is 0 Å². The molecule has 1 amide bonds. The number of anilines is 1. The number of rotatable bonds is 4. The van der Waals surface area contributed by atoms with Crippen LogP contribution in [-0.4, -0.2) is 19.0 Å². The number of likely N-dealkylation sites (N-methyl/N-ethyl adjacent to an activating group) is 1. The third-order valence-corrected chi connectivity index (χ3v) is 2.20. The molecular weight excluding hydrogens is 244 g/mol. The van der Waals surface area contributed by atoms with Crippen molar-refractivity contribution in [2.45, 2.75) is 6.92 Å². The number of carbonyl (C=O) groups is 1. The lowest BCUT2D eigenvalue weighted by atomic mass is 10.3. The van der Waals surface area contributed by atoms with E-state index in [-0.39, 0.29) is 5.91 Å². The highest BCUT2D eigenvalue weighted by molar-refractivity contribution is 9.10. The van der Waals surface area contributed by atoms with E-state index in [0.717, 1.165) is 10.2 Å². The lowest BCUT2D eigenvalue weighted by Gasteiger charge is -2.05. The first-order chi connectivity index (χ1) is 6.72. The Balaban J connectivity index is 2.38. The normalized spacial score (nSPS) is 9.57. The molecule has 0 fully saturated rings. The Hall–Kier alpha value is -1.03. The van der Waals surface area contributed by atoms with Crippen LogP contribution in [0.15, 0.2) is 28.7 Å². The van der Waals surface area contributed by atoms with Crippen LogP contribution in [0, 0.1) is 0 Å². The zero-order valence-corrected chi connectivity index (χ0v) is 9.60. The second-order valence-electron chi connectivity index (χ2n) is 2.81. The zero-order valence-electron chi connectivity index (χ0n) is 8.01. The number of nitrogens with one attached hydrogen (secondary N) is 2. The average Bonchev–Trinajstić information content (AvgIpc) is 2.17. The number of hydrogen-bond acceptors (Lipinski definition) is 2. The number of amides is 1. The van der Waals surface area contributed by atoms with Gasteiger partial charge in [0.1, 0.15) is 0 Å². The van der Waals surface area contributed by atoms with E-state index < -0.39 is 0 Å². The van der Waals surface area contributed by atoms with Crippen LogP contribution < -0.4 is 10.6 Å². The zero-order chi connectivity index (χ0) is 10.4. The van der Waals surface area contributed by atoms with Crippen molar-refractivity contribution in [2.24, 2.45) is 0 Å². The van der Waals surface area contributed by atoms with Gasteiger partial charge < -0.3 is 10.6 Å². The van der Waals surface area contributed by atoms with E-state index in [9.17, 15) is 4.79 Å². The number of benzene rings is 1. The van der Waals surface area contributed by atoms with Gasteiger partial charge in [0.25, 0.3) is 0 Å². The molecule has 0 heterocycles. The van der Waals surface area contributed by atoms with Gasteiger partial charge in [-0.2, -0.15) is 0 Å². The maximum absolute atomic E-state index is 11.1. The fraction of sp³-hybridized carbons (Fsp3) is 0.300. The monoisotopic (exact) mass is 256 g/mol. The van der Waals surface area contributed by atoms with Gasteiger partial charge in [0.05, 0.1) is 6.54 Å². The lowest BCUT2D eigenvalue weighted by Crippen LogP contribution is -2.29. The average molecular weight is 257 g/mol. The molecule has 0 saturated carbocycles. The van der Waals surface area contributed by atoms with Crippen molar-refractivity contribution in [3.8, 4) is 0 Å². The van der Waals surface area contributed by atoms with Gasteiger partial charge in [-0.1, -0.05) is 15.9 Å². The molecule has 2 N–H and O–H groups in total. The quantitative estimate of drug-likeness (QED) is 0.866. The minimum Gasteiger partial charge on any atom is -0.376 e. The van der Waals surface area contributed by atoms with E-state index in [1.165, 1.54) is 0 Å². The summed E-state index contributed by atoms with van der Waals surface area (Å²) in [5, 5.41) is 5.74. The summed E-state index contributed by atoms with van der Waals surface area (Å²) in [6, 6.07) is 7.70. The van der Waals surface area contributed by atoms with E-state index in [2.05, 4.69) is 26.6 Å². The van der Waals surface area contributed by atoms with Crippen LogP contribution in [0.3, 0.4) is 0 Å². The molecule has 1 aromatic carbocycles. The van der Waals surface area contributed by atoms with Crippen LogP contribution in [-0.2, 0) is 4.79 Å². The molecule has 0 aliphatic heterocycles. The van der Waals surface area contributed by atoms with Crippen molar-refractivity contribution >= 4 is 27.5 Å². The molecule has 0 aromatic heterocycles. The molecule has 0 saturated heterocycles. The van der Waals surface area contributed by atoms with Gasteiger partial charge in [-0.05, 0) is 31.2 Å². The predicted molar refractivity (Wildman–Crippen MR) is 61.3 cm³/mol. The highest BCUT2D eigenvalue weighted by atomic mass is 79.9. The van der Waals surface area contributed by atoms with Gasteiger partial charge in [-0.15, -0.1) is 0 Å². The molecule has 1 aromatic rings. The molecule has 4 heteroatoms. The van der Waals surface area contributed by atoms with E-state index >= 15 is 0 Å². The van der Waals surface area contributed by atoms with Crippen LogP contribution in [0.4, 0.5) is 5.69 Å². The Bertz CT molecular complexity index is 297. The summed E-state index contributed by atoms with van der Waals surface area (Å²) >= 11 is 3.34. The van der Waals surface area contributed by atoms with Gasteiger partial charge in [-0.3, -0.25) is 4.79 Å². The largest absolute Gasteiger partial charge is 0.376 e. The van der Waals surface area contributed by atoms with Crippen LogP contribution >= 0.6 is 15.9 Å². The second-order valence-corrected chi connectivity index (χ2v) is 3.73. The van der Waals surface area contributed by atoms with Crippen LogP contribution in [0.1, 0.15) is 6.92 Å². The van der Waals surface area contributed by atoms with Crippen molar-refractivity contribution in [3.05, 3.63) is 28.7 Å². The van der Waals surface area contributed by atoms with Gasteiger partial charge in [-0.25, -0.2) is 0 Å². The smallest absolute Gasteiger partial charge is 0.239 e. The fourth-order valence-corrected chi connectivity index (χ4v) is 1.27. The predicted octanol–water partition coefficient (Wildman–Crippen LogP) is 2.00. The van der Waals surface area contributed by atoms with Crippen molar-refractivity contribution in [1.29, 1.82) is 0 Å². The highest BCUT2D eigenvalue weighted by Crippen LogP contribution is 2.13. The van der Waals surface area contributed by atoms with Crippen molar-refractivity contribution < 1.29 is 4.79 Å². The van der Waals surface area contributed by atoms with E-state index in [1.54, 1.807) is 0 Å². The fourth-order valence-electron chi connectivity index (χ4n) is 1.01. The van der Waals surface area contributed by atoms with Crippen LogP contribution in [0.25, 0.3) is 0 Å². The summed E-state index contributed by atoms with van der Waals surface area (Å²) in [4.78, 5) is 11.1. The molecule has 14 heavy (non-hydrogen) atoms. The molecule has 0 bridgehead atoms. The summed E-state index contributed by atoms with van der Waals surface area (Å²) in [5.74, 6) is 0.00965. The molecule has 0 spiro atoms. The molecule has 76 valence electrons.